The molecule has 0 aliphatic heterocycles. The van der Waals surface area contributed by atoms with Gasteiger partial charge in [0.25, 0.3) is 0 Å². The third kappa shape index (κ3) is 3.61. The summed E-state index contributed by atoms with van der Waals surface area (Å²) in [6, 6.07) is 2.10. The summed E-state index contributed by atoms with van der Waals surface area (Å²) in [7, 11) is 0. The van der Waals surface area contributed by atoms with E-state index in [1.165, 1.54) is 0 Å². The van der Waals surface area contributed by atoms with E-state index in [9.17, 15) is 9.18 Å². The average molecular weight is 255 g/mol. The number of carboxylic acids is 1. The fourth-order valence-electron chi connectivity index (χ4n) is 1.77. The Balaban J connectivity index is 2.95. The molecule has 0 fully saturated rings. The van der Waals surface area contributed by atoms with Gasteiger partial charge in [-0.1, -0.05) is 13.8 Å². The van der Waals surface area contributed by atoms with E-state index >= 15 is 0 Å². The average Bonchev–Trinajstić information content (AvgIpc) is 2.20. The first-order chi connectivity index (χ1) is 8.31. The Morgan fingerprint density at radius 2 is 2.06 bits per heavy atom. The maximum atomic E-state index is 13.6. The van der Waals surface area contributed by atoms with Gasteiger partial charge in [0, 0.05) is 11.8 Å². The molecule has 0 radical (unpaired) electrons. The zero-order valence-corrected chi connectivity index (χ0v) is 10.7. The summed E-state index contributed by atoms with van der Waals surface area (Å²) < 4.78 is 19.0. The van der Waals surface area contributed by atoms with Crippen molar-refractivity contribution in [2.45, 2.75) is 33.3 Å². The Bertz CT molecular complexity index is 446. The van der Waals surface area contributed by atoms with Gasteiger partial charge in [-0.2, -0.15) is 0 Å². The first-order valence-corrected chi connectivity index (χ1v) is 5.80. The fraction of sp³-hybridized carbons (Fsp3) is 0.462. The van der Waals surface area contributed by atoms with E-state index < -0.39 is 11.8 Å². The second-order valence-corrected chi connectivity index (χ2v) is 4.73. The lowest BCUT2D eigenvalue weighted by atomic mass is 10.1. The molecule has 0 aromatic heterocycles. The zero-order chi connectivity index (χ0) is 13.9. The van der Waals surface area contributed by atoms with E-state index in [0.29, 0.717) is 5.92 Å². The molecular weight excluding hydrogens is 237 g/mol. The summed E-state index contributed by atoms with van der Waals surface area (Å²) in [5.74, 6) is -1.51. The lowest BCUT2D eigenvalue weighted by Gasteiger charge is -2.17. The summed E-state index contributed by atoms with van der Waals surface area (Å²) in [4.78, 5) is 10.9. The van der Waals surface area contributed by atoms with Gasteiger partial charge in [0.2, 0.25) is 0 Å². The van der Waals surface area contributed by atoms with Gasteiger partial charge in [-0.15, -0.1) is 0 Å². The molecule has 4 nitrogen and oxygen atoms in total. The van der Waals surface area contributed by atoms with Crippen LogP contribution in [0.2, 0.25) is 0 Å². The Morgan fingerprint density at radius 1 is 1.44 bits per heavy atom. The van der Waals surface area contributed by atoms with E-state index in [4.69, 9.17) is 15.6 Å². The number of rotatable bonds is 5. The molecule has 0 bridgehead atoms. The number of benzene rings is 1. The van der Waals surface area contributed by atoms with E-state index in [0.717, 1.165) is 18.6 Å². The van der Waals surface area contributed by atoms with Crippen LogP contribution in [-0.4, -0.2) is 17.2 Å². The van der Waals surface area contributed by atoms with Crippen LogP contribution in [0.5, 0.6) is 5.75 Å². The number of hydrogen-bond donors (Lipinski definition) is 2. The molecule has 1 atom stereocenters. The van der Waals surface area contributed by atoms with Crippen LogP contribution in [-0.2, 0) is 0 Å². The highest BCUT2D eigenvalue weighted by atomic mass is 19.1. The van der Waals surface area contributed by atoms with Crippen LogP contribution in [0, 0.1) is 11.7 Å². The number of hydrogen-bond acceptors (Lipinski definition) is 3. The third-order valence-electron chi connectivity index (χ3n) is 2.47. The largest absolute Gasteiger partial charge is 0.488 e. The van der Waals surface area contributed by atoms with E-state index in [-0.39, 0.29) is 23.1 Å². The van der Waals surface area contributed by atoms with Crippen LogP contribution in [0.15, 0.2) is 12.1 Å². The van der Waals surface area contributed by atoms with Gasteiger partial charge in [-0.3, -0.25) is 0 Å². The molecule has 0 amide bonds. The molecule has 18 heavy (non-hydrogen) atoms. The molecule has 3 N–H and O–H groups in total. The van der Waals surface area contributed by atoms with Gasteiger partial charge in [0.1, 0.15) is 0 Å². The molecule has 0 heterocycles. The van der Waals surface area contributed by atoms with Gasteiger partial charge in [-0.25, -0.2) is 9.18 Å². The van der Waals surface area contributed by atoms with E-state index in [1.54, 1.807) is 0 Å². The second-order valence-electron chi connectivity index (χ2n) is 4.73. The molecule has 5 heteroatoms. The number of ether oxygens (including phenoxy) is 1. The summed E-state index contributed by atoms with van der Waals surface area (Å²) in [5.41, 5.74) is 5.17. The summed E-state index contributed by atoms with van der Waals surface area (Å²) in [6.45, 7) is 5.87. The van der Waals surface area contributed by atoms with Crippen LogP contribution in [0.1, 0.15) is 37.6 Å². The molecule has 1 rings (SSSR count). The maximum Gasteiger partial charge on any atom is 0.337 e. The van der Waals surface area contributed by atoms with Gasteiger partial charge >= 0.3 is 5.97 Å². The van der Waals surface area contributed by atoms with Crippen molar-refractivity contribution in [3.8, 4) is 5.75 Å². The number of carbonyl (C=O) groups is 1. The standard InChI is InChI=1S/C13H18FNO3/c1-7(2)4-8(3)18-12-5-9(13(16)17)11(15)6-10(12)14/h5-8H,4,15H2,1-3H3,(H,16,17). The SMILES string of the molecule is CC(C)CC(C)Oc1cc(C(=O)O)c(N)cc1F. The minimum atomic E-state index is -1.20. The molecule has 1 aromatic rings. The summed E-state index contributed by atoms with van der Waals surface area (Å²) in [6.07, 6.45) is 0.566. The normalized spacial score (nSPS) is 12.5. The van der Waals surface area contributed by atoms with Crippen molar-refractivity contribution in [1.82, 2.24) is 0 Å². The smallest absolute Gasteiger partial charge is 0.337 e. The first-order valence-electron chi connectivity index (χ1n) is 5.80. The lowest BCUT2D eigenvalue weighted by molar-refractivity contribution is 0.0697. The highest BCUT2D eigenvalue weighted by molar-refractivity contribution is 5.94. The van der Waals surface area contributed by atoms with E-state index in [1.807, 2.05) is 20.8 Å². The summed E-state index contributed by atoms with van der Waals surface area (Å²) in [5, 5.41) is 8.90. The number of nitrogen functional groups attached to an aromatic ring is 1. The zero-order valence-electron chi connectivity index (χ0n) is 10.7. The highest BCUT2D eigenvalue weighted by Crippen LogP contribution is 2.26. The van der Waals surface area contributed by atoms with Crippen LogP contribution in [0.25, 0.3) is 0 Å². The van der Waals surface area contributed by atoms with Gasteiger partial charge in [0.05, 0.1) is 11.7 Å². The molecule has 1 aromatic carbocycles. The number of carboxylic acid groups (broad SMARTS) is 1. The monoisotopic (exact) mass is 255 g/mol. The van der Waals surface area contributed by atoms with Crippen LogP contribution in [0.3, 0.4) is 0 Å². The molecule has 0 spiro atoms. The molecule has 0 saturated heterocycles. The van der Waals surface area contributed by atoms with Crippen molar-refractivity contribution >= 4 is 11.7 Å². The first kappa shape index (κ1) is 14.3. The van der Waals surface area contributed by atoms with Crippen molar-refractivity contribution in [2.75, 3.05) is 5.73 Å². The van der Waals surface area contributed by atoms with Crippen LogP contribution in [0.4, 0.5) is 10.1 Å². The molecule has 0 aliphatic carbocycles. The molecule has 1 unspecified atom stereocenters. The molecule has 0 aliphatic rings. The molecule has 0 saturated carbocycles. The predicted octanol–water partition coefficient (Wildman–Crippen LogP) is 2.92. The van der Waals surface area contributed by atoms with Crippen molar-refractivity contribution < 1.29 is 19.0 Å². The minimum Gasteiger partial charge on any atom is -0.488 e. The number of aromatic carboxylic acids is 1. The van der Waals surface area contributed by atoms with Crippen molar-refractivity contribution in [1.29, 1.82) is 0 Å². The number of halogens is 1. The number of nitrogens with two attached hydrogens (primary N) is 1. The van der Waals surface area contributed by atoms with Crippen molar-refractivity contribution in [3.63, 3.8) is 0 Å². The van der Waals surface area contributed by atoms with Gasteiger partial charge in [0.15, 0.2) is 11.6 Å². The van der Waals surface area contributed by atoms with Crippen molar-refractivity contribution in [2.24, 2.45) is 5.92 Å². The Morgan fingerprint density at radius 3 is 2.56 bits per heavy atom. The van der Waals surface area contributed by atoms with Gasteiger partial charge < -0.3 is 15.6 Å². The van der Waals surface area contributed by atoms with Gasteiger partial charge in [-0.05, 0) is 25.3 Å². The minimum absolute atomic E-state index is 0.0743. The highest BCUT2D eigenvalue weighted by Gasteiger charge is 2.16. The summed E-state index contributed by atoms with van der Waals surface area (Å²) >= 11 is 0. The van der Waals surface area contributed by atoms with Crippen LogP contribution >= 0.6 is 0 Å². The molecule has 100 valence electrons. The number of anilines is 1. The lowest BCUT2D eigenvalue weighted by Crippen LogP contribution is -2.16. The quantitative estimate of drug-likeness (QED) is 0.793. The Kier molecular flexibility index (Phi) is 4.53. The van der Waals surface area contributed by atoms with E-state index in [2.05, 4.69) is 0 Å². The third-order valence-corrected chi connectivity index (χ3v) is 2.47. The maximum absolute atomic E-state index is 13.6. The predicted molar refractivity (Wildman–Crippen MR) is 67.3 cm³/mol. The Labute approximate surface area is 106 Å². The Hall–Kier alpha value is -1.78. The van der Waals surface area contributed by atoms with Crippen LogP contribution < -0.4 is 10.5 Å². The fourth-order valence-corrected chi connectivity index (χ4v) is 1.77. The molecular formula is C13H18FNO3. The topological polar surface area (TPSA) is 72.5 Å². The van der Waals surface area contributed by atoms with Crippen molar-refractivity contribution in [3.05, 3.63) is 23.5 Å². The second kappa shape index (κ2) is 5.71.